The monoisotopic (exact) mass is 258 g/mol. The Kier molecular flexibility index (Phi) is 5.43. The Morgan fingerprint density at radius 1 is 1.35 bits per heavy atom. The van der Waals surface area contributed by atoms with Gasteiger partial charge in [-0.2, -0.15) is 0 Å². The number of halogens is 1. The number of benzene rings is 1. The molecule has 1 aromatic carbocycles. The molecule has 2 unspecified atom stereocenters. The predicted octanol–water partition coefficient (Wildman–Crippen LogP) is 3.05. The highest BCUT2D eigenvalue weighted by molar-refractivity contribution is 8.00. The summed E-state index contributed by atoms with van der Waals surface area (Å²) < 4.78 is 13.4. The molecule has 17 heavy (non-hydrogen) atoms. The van der Waals surface area contributed by atoms with Gasteiger partial charge in [0.05, 0.1) is 6.10 Å². The van der Waals surface area contributed by atoms with Crippen molar-refractivity contribution in [3.8, 4) is 0 Å². The Labute approximate surface area is 106 Å². The van der Waals surface area contributed by atoms with Crippen LogP contribution in [0.1, 0.15) is 37.5 Å². The summed E-state index contributed by atoms with van der Waals surface area (Å²) >= 11 is 1.56. The molecule has 1 aromatic rings. The van der Waals surface area contributed by atoms with Crippen molar-refractivity contribution in [2.75, 3.05) is 6.61 Å². The van der Waals surface area contributed by atoms with Crippen molar-refractivity contribution >= 4 is 11.8 Å². The quantitative estimate of drug-likeness (QED) is 0.797. The lowest BCUT2D eigenvalue weighted by molar-refractivity contribution is 0.196. The molecule has 0 aromatic heterocycles. The fourth-order valence-electron chi connectivity index (χ4n) is 1.56. The van der Waals surface area contributed by atoms with Crippen LogP contribution in [0, 0.1) is 12.7 Å². The van der Waals surface area contributed by atoms with Crippen LogP contribution < -0.4 is 0 Å². The summed E-state index contributed by atoms with van der Waals surface area (Å²) in [5.74, 6) is -0.292. The first-order chi connectivity index (χ1) is 7.95. The van der Waals surface area contributed by atoms with Crippen molar-refractivity contribution < 1.29 is 14.6 Å². The first kappa shape index (κ1) is 14.5. The molecule has 2 nitrogen and oxygen atoms in total. The molecule has 1 rings (SSSR count). The fraction of sp³-hybridized carbons (Fsp3) is 0.538. The summed E-state index contributed by atoms with van der Waals surface area (Å²) in [5, 5.41) is 18.7. The van der Waals surface area contributed by atoms with Gasteiger partial charge in [0.15, 0.2) is 0 Å². The molecular weight excluding hydrogens is 239 g/mol. The van der Waals surface area contributed by atoms with Gasteiger partial charge in [0, 0.05) is 16.8 Å². The zero-order chi connectivity index (χ0) is 13.0. The van der Waals surface area contributed by atoms with E-state index >= 15 is 0 Å². The van der Waals surface area contributed by atoms with Crippen LogP contribution in [0.4, 0.5) is 4.39 Å². The highest BCUT2D eigenvalue weighted by Gasteiger charge is 2.14. The molecular formula is C13H19FO2S. The topological polar surface area (TPSA) is 40.5 Å². The molecule has 4 heteroatoms. The van der Waals surface area contributed by atoms with Gasteiger partial charge in [-0.15, -0.1) is 11.8 Å². The van der Waals surface area contributed by atoms with E-state index in [1.807, 2.05) is 6.92 Å². The highest BCUT2D eigenvalue weighted by atomic mass is 32.2. The molecule has 96 valence electrons. The molecule has 0 aliphatic heterocycles. The molecule has 2 atom stereocenters. The summed E-state index contributed by atoms with van der Waals surface area (Å²) in [6, 6.07) is 3.16. The number of thioether (sulfide) groups is 1. The van der Waals surface area contributed by atoms with Crippen molar-refractivity contribution in [2.45, 2.75) is 43.4 Å². The van der Waals surface area contributed by atoms with E-state index in [1.165, 1.54) is 6.07 Å². The van der Waals surface area contributed by atoms with Crippen molar-refractivity contribution in [3.05, 3.63) is 29.1 Å². The summed E-state index contributed by atoms with van der Waals surface area (Å²) in [6.07, 6.45) is -0.00529. The van der Waals surface area contributed by atoms with Crippen molar-refractivity contribution in [1.82, 2.24) is 0 Å². The van der Waals surface area contributed by atoms with Gasteiger partial charge in [-0.1, -0.05) is 6.92 Å². The van der Waals surface area contributed by atoms with Crippen LogP contribution in [0.2, 0.25) is 0 Å². The first-order valence-corrected chi connectivity index (χ1v) is 6.59. The summed E-state index contributed by atoms with van der Waals surface area (Å²) in [5.41, 5.74) is 1.19. The Hall–Kier alpha value is -0.580. The van der Waals surface area contributed by atoms with E-state index < -0.39 is 6.10 Å². The third-order valence-electron chi connectivity index (χ3n) is 2.60. The fourth-order valence-corrected chi connectivity index (χ4v) is 2.82. The van der Waals surface area contributed by atoms with Crippen LogP contribution in [0.3, 0.4) is 0 Å². The number of rotatable bonds is 5. The molecule has 0 saturated carbocycles. The second kappa shape index (κ2) is 6.38. The van der Waals surface area contributed by atoms with E-state index in [2.05, 4.69) is 0 Å². The van der Waals surface area contributed by atoms with Crippen LogP contribution in [0.5, 0.6) is 0 Å². The summed E-state index contributed by atoms with van der Waals surface area (Å²) in [4.78, 5) is 0.889. The van der Waals surface area contributed by atoms with Crippen molar-refractivity contribution in [2.24, 2.45) is 0 Å². The van der Waals surface area contributed by atoms with Crippen LogP contribution in [-0.2, 0) is 0 Å². The van der Waals surface area contributed by atoms with E-state index in [1.54, 1.807) is 31.7 Å². The zero-order valence-corrected chi connectivity index (χ0v) is 11.2. The SMILES string of the molecule is Cc1cc(SC(C)CCO)c(C(C)O)cc1F. The van der Waals surface area contributed by atoms with Gasteiger partial charge in [0.25, 0.3) is 0 Å². The minimum Gasteiger partial charge on any atom is -0.396 e. The molecule has 0 heterocycles. The molecule has 0 fully saturated rings. The molecule has 0 aliphatic carbocycles. The van der Waals surface area contributed by atoms with E-state index in [4.69, 9.17) is 5.11 Å². The molecule has 0 spiro atoms. The number of aliphatic hydroxyl groups excluding tert-OH is 2. The van der Waals surface area contributed by atoms with Gasteiger partial charge in [-0.25, -0.2) is 4.39 Å². The van der Waals surface area contributed by atoms with Crippen molar-refractivity contribution in [1.29, 1.82) is 0 Å². The minimum absolute atomic E-state index is 0.137. The van der Waals surface area contributed by atoms with E-state index in [0.29, 0.717) is 17.5 Å². The lowest BCUT2D eigenvalue weighted by Crippen LogP contribution is -2.03. The normalized spacial score (nSPS) is 14.7. The lowest BCUT2D eigenvalue weighted by Gasteiger charge is -2.16. The van der Waals surface area contributed by atoms with Gasteiger partial charge in [0.1, 0.15) is 5.82 Å². The highest BCUT2D eigenvalue weighted by Crippen LogP contribution is 2.33. The maximum Gasteiger partial charge on any atom is 0.126 e. The second-order valence-electron chi connectivity index (χ2n) is 4.26. The van der Waals surface area contributed by atoms with Gasteiger partial charge >= 0.3 is 0 Å². The van der Waals surface area contributed by atoms with Gasteiger partial charge in [-0.05, 0) is 43.5 Å². The zero-order valence-electron chi connectivity index (χ0n) is 10.4. The lowest BCUT2D eigenvalue weighted by atomic mass is 10.1. The third-order valence-corrected chi connectivity index (χ3v) is 3.85. The summed E-state index contributed by atoms with van der Waals surface area (Å²) in [7, 11) is 0. The number of aliphatic hydroxyl groups is 2. The Morgan fingerprint density at radius 3 is 2.53 bits per heavy atom. The van der Waals surface area contributed by atoms with Crippen LogP contribution in [0.15, 0.2) is 17.0 Å². The van der Waals surface area contributed by atoms with Crippen LogP contribution in [-0.4, -0.2) is 22.1 Å². The number of aryl methyl sites for hydroxylation is 1. The van der Waals surface area contributed by atoms with Crippen LogP contribution in [0.25, 0.3) is 0 Å². The molecule has 0 aliphatic rings. The first-order valence-electron chi connectivity index (χ1n) is 5.71. The van der Waals surface area contributed by atoms with E-state index in [0.717, 1.165) is 4.90 Å². The molecule has 0 radical (unpaired) electrons. The largest absolute Gasteiger partial charge is 0.396 e. The second-order valence-corrected chi connectivity index (χ2v) is 5.74. The summed E-state index contributed by atoms with van der Waals surface area (Å²) in [6.45, 7) is 5.48. The standard InChI is InChI=1S/C13H19FO2S/c1-8-6-13(17-9(2)4-5-15)11(10(3)16)7-12(8)14/h6-7,9-10,15-16H,4-5H2,1-3H3. The minimum atomic E-state index is -0.686. The number of hydrogen-bond donors (Lipinski definition) is 2. The van der Waals surface area contributed by atoms with Crippen LogP contribution >= 0.6 is 11.8 Å². The molecule has 0 amide bonds. The van der Waals surface area contributed by atoms with E-state index in [-0.39, 0.29) is 17.7 Å². The van der Waals surface area contributed by atoms with E-state index in [9.17, 15) is 9.50 Å². The average Bonchev–Trinajstić information content (AvgIpc) is 2.23. The average molecular weight is 258 g/mol. The smallest absolute Gasteiger partial charge is 0.126 e. The Morgan fingerprint density at radius 2 is 2.00 bits per heavy atom. The van der Waals surface area contributed by atoms with Gasteiger partial charge in [-0.3, -0.25) is 0 Å². The van der Waals surface area contributed by atoms with Gasteiger partial charge < -0.3 is 10.2 Å². The Bertz CT molecular complexity index is 380. The van der Waals surface area contributed by atoms with Crippen molar-refractivity contribution in [3.63, 3.8) is 0 Å². The third kappa shape index (κ3) is 3.98. The Balaban J connectivity index is 3.00. The predicted molar refractivity (Wildman–Crippen MR) is 68.8 cm³/mol. The maximum absolute atomic E-state index is 13.4. The maximum atomic E-state index is 13.4. The van der Waals surface area contributed by atoms with Gasteiger partial charge in [0.2, 0.25) is 0 Å². The molecule has 0 bridgehead atoms. The molecule has 0 saturated heterocycles. The number of hydrogen-bond acceptors (Lipinski definition) is 3. The molecule has 2 N–H and O–H groups in total.